The van der Waals surface area contributed by atoms with Crippen LogP contribution in [-0.2, 0) is 4.79 Å². The summed E-state index contributed by atoms with van der Waals surface area (Å²) in [7, 11) is 0. The van der Waals surface area contributed by atoms with Crippen molar-refractivity contribution in [1.82, 2.24) is 9.88 Å². The molecular formula is C17H22N4OS. The lowest BCUT2D eigenvalue weighted by Crippen LogP contribution is -2.39. The summed E-state index contributed by atoms with van der Waals surface area (Å²) in [5.41, 5.74) is 0. The minimum Gasteiger partial charge on any atom is -0.310 e. The van der Waals surface area contributed by atoms with Gasteiger partial charge in [-0.05, 0) is 31.1 Å². The average molecular weight is 330 g/mol. The predicted molar refractivity (Wildman–Crippen MR) is 89.1 cm³/mol. The summed E-state index contributed by atoms with van der Waals surface area (Å²) in [4.78, 5) is 22.3. The molecule has 0 N–H and O–H groups in total. The van der Waals surface area contributed by atoms with Gasteiger partial charge in [-0.15, -0.1) is 11.3 Å². The number of anilines is 1. The SMILES string of the molecule is N#CN1CCC2CN(c3ncc(C4CCCCC4)s3)C(=O)[C@H]2C1. The van der Waals surface area contributed by atoms with Gasteiger partial charge in [-0.1, -0.05) is 19.3 Å². The Morgan fingerprint density at radius 2 is 2.04 bits per heavy atom. The van der Waals surface area contributed by atoms with E-state index in [0.29, 0.717) is 18.4 Å². The summed E-state index contributed by atoms with van der Waals surface area (Å²) in [5.74, 6) is 1.17. The summed E-state index contributed by atoms with van der Waals surface area (Å²) < 4.78 is 0. The molecular weight excluding hydrogens is 308 g/mol. The van der Waals surface area contributed by atoms with Gasteiger partial charge in [0, 0.05) is 30.7 Å². The van der Waals surface area contributed by atoms with Gasteiger partial charge in [0.05, 0.1) is 5.92 Å². The Labute approximate surface area is 140 Å². The van der Waals surface area contributed by atoms with Crippen molar-refractivity contribution >= 4 is 22.4 Å². The Morgan fingerprint density at radius 3 is 2.83 bits per heavy atom. The second-order valence-corrected chi connectivity index (χ2v) is 8.07. The Kier molecular flexibility index (Phi) is 3.98. The fourth-order valence-corrected chi connectivity index (χ4v) is 5.36. The van der Waals surface area contributed by atoms with Gasteiger partial charge in [0.2, 0.25) is 5.91 Å². The van der Waals surface area contributed by atoms with E-state index in [9.17, 15) is 4.79 Å². The molecule has 3 fully saturated rings. The Bertz CT molecular complexity index is 631. The van der Waals surface area contributed by atoms with E-state index >= 15 is 0 Å². The maximum Gasteiger partial charge on any atom is 0.234 e. The molecule has 5 nitrogen and oxygen atoms in total. The van der Waals surface area contributed by atoms with Crippen LogP contribution in [0.3, 0.4) is 0 Å². The minimum absolute atomic E-state index is 0.0227. The maximum atomic E-state index is 12.7. The molecule has 0 spiro atoms. The van der Waals surface area contributed by atoms with Gasteiger partial charge in [0.15, 0.2) is 11.3 Å². The van der Waals surface area contributed by atoms with Crippen molar-refractivity contribution in [3.8, 4) is 6.19 Å². The highest BCUT2D eigenvalue weighted by atomic mass is 32.1. The van der Waals surface area contributed by atoms with Crippen LogP contribution in [-0.4, -0.2) is 35.4 Å². The van der Waals surface area contributed by atoms with Gasteiger partial charge in [-0.25, -0.2) is 4.98 Å². The molecule has 0 radical (unpaired) electrons. The highest BCUT2D eigenvalue weighted by Gasteiger charge is 2.44. The lowest BCUT2D eigenvalue weighted by molar-refractivity contribution is -0.122. The summed E-state index contributed by atoms with van der Waals surface area (Å²) in [6, 6.07) is 0. The smallest absolute Gasteiger partial charge is 0.234 e. The minimum atomic E-state index is -0.0227. The molecule has 0 aromatic carbocycles. The van der Waals surface area contributed by atoms with Crippen molar-refractivity contribution in [2.75, 3.05) is 24.5 Å². The van der Waals surface area contributed by atoms with Crippen molar-refractivity contribution in [3.63, 3.8) is 0 Å². The van der Waals surface area contributed by atoms with Crippen LogP contribution in [0.1, 0.15) is 49.3 Å². The molecule has 4 rings (SSSR count). The van der Waals surface area contributed by atoms with E-state index in [-0.39, 0.29) is 11.8 Å². The number of likely N-dealkylation sites (tertiary alicyclic amines) is 1. The molecule has 1 amide bonds. The van der Waals surface area contributed by atoms with Gasteiger partial charge in [-0.3, -0.25) is 9.69 Å². The predicted octanol–water partition coefficient (Wildman–Crippen LogP) is 2.96. The van der Waals surface area contributed by atoms with Crippen LogP contribution in [0, 0.1) is 23.3 Å². The van der Waals surface area contributed by atoms with Gasteiger partial charge < -0.3 is 4.90 Å². The normalized spacial score (nSPS) is 28.7. The van der Waals surface area contributed by atoms with Gasteiger partial charge in [0.1, 0.15) is 0 Å². The number of carbonyl (C=O) groups excluding carboxylic acids is 1. The first-order chi connectivity index (χ1) is 11.3. The zero-order chi connectivity index (χ0) is 15.8. The molecule has 2 aliphatic heterocycles. The fraction of sp³-hybridized carbons (Fsp3) is 0.706. The molecule has 3 aliphatic rings. The monoisotopic (exact) mass is 330 g/mol. The number of amides is 1. The van der Waals surface area contributed by atoms with Crippen LogP contribution < -0.4 is 4.90 Å². The first-order valence-corrected chi connectivity index (χ1v) is 9.49. The number of rotatable bonds is 2. The fourth-order valence-electron chi connectivity index (χ4n) is 4.26. The standard InChI is InChI=1S/C17H22N4OS/c18-11-20-7-6-13-9-21(16(22)14(13)10-20)17-19-8-15(23-17)12-4-2-1-3-5-12/h8,12-14H,1-7,9-10H2/t13?,14-/m0/s1. The maximum absolute atomic E-state index is 12.7. The third kappa shape index (κ3) is 2.72. The summed E-state index contributed by atoms with van der Waals surface area (Å²) in [6.07, 6.45) is 11.6. The lowest BCUT2D eigenvalue weighted by atomic mass is 9.88. The lowest BCUT2D eigenvalue weighted by Gasteiger charge is -2.28. The second-order valence-electron chi connectivity index (χ2n) is 7.03. The van der Waals surface area contributed by atoms with E-state index < -0.39 is 0 Å². The molecule has 3 heterocycles. The first-order valence-electron chi connectivity index (χ1n) is 8.68. The Hall–Kier alpha value is -1.61. The van der Waals surface area contributed by atoms with Crippen molar-refractivity contribution in [2.45, 2.75) is 44.4 Å². The van der Waals surface area contributed by atoms with Crippen molar-refractivity contribution in [3.05, 3.63) is 11.1 Å². The molecule has 122 valence electrons. The van der Waals surface area contributed by atoms with E-state index in [2.05, 4.69) is 11.2 Å². The number of fused-ring (bicyclic) bond motifs is 1. The Morgan fingerprint density at radius 1 is 1.22 bits per heavy atom. The second kappa shape index (κ2) is 6.12. The zero-order valence-electron chi connectivity index (χ0n) is 13.3. The van der Waals surface area contributed by atoms with Crippen molar-refractivity contribution < 1.29 is 4.79 Å². The summed E-state index contributed by atoms with van der Waals surface area (Å²) in [6.45, 7) is 2.14. The quantitative estimate of drug-likeness (QED) is 0.782. The first kappa shape index (κ1) is 14.9. The number of hydrogen-bond donors (Lipinski definition) is 0. The number of nitrogens with zero attached hydrogens (tertiary/aromatic N) is 4. The van der Waals surface area contributed by atoms with Crippen LogP contribution in [0.2, 0.25) is 0 Å². The number of aromatic nitrogens is 1. The number of hydrogen-bond acceptors (Lipinski definition) is 5. The van der Waals surface area contributed by atoms with E-state index in [1.54, 1.807) is 16.2 Å². The van der Waals surface area contributed by atoms with E-state index in [1.165, 1.54) is 37.0 Å². The third-order valence-corrected chi connectivity index (χ3v) is 6.83. The van der Waals surface area contributed by atoms with E-state index in [0.717, 1.165) is 24.6 Å². The number of nitriles is 1. The molecule has 0 bridgehead atoms. The number of piperidine rings is 1. The molecule has 2 saturated heterocycles. The molecule has 2 atom stereocenters. The highest BCUT2D eigenvalue weighted by molar-refractivity contribution is 7.15. The molecule has 1 unspecified atom stereocenters. The molecule has 1 aromatic rings. The third-order valence-electron chi connectivity index (χ3n) is 5.65. The van der Waals surface area contributed by atoms with Crippen molar-refractivity contribution in [1.29, 1.82) is 5.26 Å². The molecule has 6 heteroatoms. The zero-order valence-corrected chi connectivity index (χ0v) is 14.1. The van der Waals surface area contributed by atoms with Gasteiger partial charge >= 0.3 is 0 Å². The topological polar surface area (TPSA) is 60.2 Å². The average Bonchev–Trinajstić information content (AvgIpc) is 3.20. The van der Waals surface area contributed by atoms with Gasteiger partial charge in [-0.2, -0.15) is 5.26 Å². The molecule has 1 aromatic heterocycles. The van der Waals surface area contributed by atoms with E-state index in [4.69, 9.17) is 5.26 Å². The van der Waals surface area contributed by atoms with Crippen LogP contribution >= 0.6 is 11.3 Å². The van der Waals surface area contributed by atoms with Gasteiger partial charge in [0.25, 0.3) is 0 Å². The largest absolute Gasteiger partial charge is 0.310 e. The number of thiazole rings is 1. The summed E-state index contributed by atoms with van der Waals surface area (Å²) >= 11 is 1.71. The van der Waals surface area contributed by atoms with Crippen LogP contribution in [0.15, 0.2) is 6.20 Å². The van der Waals surface area contributed by atoms with Crippen LogP contribution in [0.25, 0.3) is 0 Å². The molecule has 23 heavy (non-hydrogen) atoms. The van der Waals surface area contributed by atoms with Crippen LogP contribution in [0.4, 0.5) is 5.13 Å². The van der Waals surface area contributed by atoms with E-state index in [1.807, 2.05) is 11.1 Å². The highest BCUT2D eigenvalue weighted by Crippen LogP contribution is 2.40. The van der Waals surface area contributed by atoms with Crippen LogP contribution in [0.5, 0.6) is 0 Å². The Balaban J connectivity index is 1.49. The van der Waals surface area contributed by atoms with Crippen molar-refractivity contribution in [2.24, 2.45) is 11.8 Å². The number of carbonyl (C=O) groups is 1. The summed E-state index contributed by atoms with van der Waals surface area (Å²) in [5, 5.41) is 9.94. The molecule has 1 aliphatic carbocycles. The molecule has 1 saturated carbocycles.